The minimum absolute atomic E-state index is 0.408. The molecule has 0 spiro atoms. The SMILES string of the molecule is CN1CCC(Nc2cc(C#N)ncn2)CC1. The molecule has 1 saturated heterocycles. The van der Waals surface area contributed by atoms with Crippen molar-refractivity contribution in [3.8, 4) is 6.07 Å². The van der Waals surface area contributed by atoms with E-state index >= 15 is 0 Å². The summed E-state index contributed by atoms with van der Waals surface area (Å²) in [6.07, 6.45) is 3.65. The third-order valence-corrected chi connectivity index (χ3v) is 2.85. The molecule has 1 aromatic heterocycles. The molecule has 0 aromatic carbocycles. The Morgan fingerprint density at radius 2 is 2.19 bits per heavy atom. The summed E-state index contributed by atoms with van der Waals surface area (Å²) in [7, 11) is 2.13. The number of likely N-dealkylation sites (tertiary alicyclic amines) is 1. The topological polar surface area (TPSA) is 64.8 Å². The first-order valence-electron chi connectivity index (χ1n) is 5.45. The monoisotopic (exact) mass is 217 g/mol. The zero-order valence-electron chi connectivity index (χ0n) is 9.35. The number of anilines is 1. The Morgan fingerprint density at radius 3 is 2.88 bits per heavy atom. The van der Waals surface area contributed by atoms with E-state index in [1.54, 1.807) is 6.07 Å². The van der Waals surface area contributed by atoms with Crippen LogP contribution in [0.5, 0.6) is 0 Å². The van der Waals surface area contributed by atoms with Gasteiger partial charge in [0, 0.05) is 12.1 Å². The maximum atomic E-state index is 8.73. The van der Waals surface area contributed by atoms with Gasteiger partial charge in [0.2, 0.25) is 0 Å². The van der Waals surface area contributed by atoms with E-state index in [1.165, 1.54) is 6.33 Å². The van der Waals surface area contributed by atoms with Crippen LogP contribution in [-0.4, -0.2) is 41.0 Å². The lowest BCUT2D eigenvalue weighted by Crippen LogP contribution is -2.36. The number of aromatic nitrogens is 2. The van der Waals surface area contributed by atoms with Crippen LogP contribution in [0.2, 0.25) is 0 Å². The molecule has 0 atom stereocenters. The lowest BCUT2D eigenvalue weighted by molar-refractivity contribution is 0.263. The number of rotatable bonds is 2. The van der Waals surface area contributed by atoms with Crippen LogP contribution >= 0.6 is 0 Å². The second kappa shape index (κ2) is 4.90. The summed E-state index contributed by atoms with van der Waals surface area (Å²) in [5.74, 6) is 0.751. The van der Waals surface area contributed by atoms with Gasteiger partial charge in [0.05, 0.1) is 0 Å². The van der Waals surface area contributed by atoms with Crippen molar-refractivity contribution in [3.63, 3.8) is 0 Å². The van der Waals surface area contributed by atoms with E-state index in [0.29, 0.717) is 11.7 Å². The highest BCUT2D eigenvalue weighted by Gasteiger charge is 2.16. The summed E-state index contributed by atoms with van der Waals surface area (Å²) in [6.45, 7) is 2.21. The predicted octanol–water partition coefficient (Wildman–Crippen LogP) is 0.854. The van der Waals surface area contributed by atoms with Gasteiger partial charge >= 0.3 is 0 Å². The molecule has 1 fully saturated rings. The molecular formula is C11H15N5. The molecular weight excluding hydrogens is 202 g/mol. The lowest BCUT2D eigenvalue weighted by atomic mass is 10.1. The number of nitriles is 1. The van der Waals surface area contributed by atoms with Crippen molar-refractivity contribution >= 4 is 5.82 Å². The summed E-state index contributed by atoms with van der Waals surface area (Å²) < 4.78 is 0. The van der Waals surface area contributed by atoms with Gasteiger partial charge in [0.15, 0.2) is 0 Å². The van der Waals surface area contributed by atoms with Crippen LogP contribution in [0, 0.1) is 11.3 Å². The molecule has 1 aliphatic rings. The second-order valence-electron chi connectivity index (χ2n) is 4.12. The van der Waals surface area contributed by atoms with Gasteiger partial charge in [-0.25, -0.2) is 9.97 Å². The summed E-state index contributed by atoms with van der Waals surface area (Å²) in [5, 5.41) is 12.1. The van der Waals surface area contributed by atoms with Gasteiger partial charge in [0.1, 0.15) is 23.9 Å². The molecule has 1 N–H and O–H groups in total. The Balaban J connectivity index is 1.96. The zero-order valence-corrected chi connectivity index (χ0v) is 9.35. The molecule has 0 aliphatic carbocycles. The molecule has 2 rings (SSSR count). The highest BCUT2D eigenvalue weighted by atomic mass is 15.1. The Morgan fingerprint density at radius 1 is 1.44 bits per heavy atom. The van der Waals surface area contributed by atoms with Gasteiger partial charge in [0.25, 0.3) is 0 Å². The normalized spacial score (nSPS) is 18.0. The Labute approximate surface area is 95.1 Å². The minimum atomic E-state index is 0.408. The van der Waals surface area contributed by atoms with E-state index in [-0.39, 0.29) is 0 Å². The van der Waals surface area contributed by atoms with Crippen LogP contribution in [0.25, 0.3) is 0 Å². The molecule has 5 nitrogen and oxygen atoms in total. The molecule has 84 valence electrons. The van der Waals surface area contributed by atoms with E-state index in [9.17, 15) is 0 Å². The van der Waals surface area contributed by atoms with E-state index in [0.717, 1.165) is 31.7 Å². The standard InChI is InChI=1S/C11H15N5/c1-16-4-2-9(3-5-16)15-11-6-10(7-12)13-8-14-11/h6,8-9H,2-5H2,1H3,(H,13,14,15). The van der Waals surface area contributed by atoms with Crippen LogP contribution in [0.4, 0.5) is 5.82 Å². The van der Waals surface area contributed by atoms with Crippen LogP contribution in [0.15, 0.2) is 12.4 Å². The van der Waals surface area contributed by atoms with Crippen molar-refractivity contribution in [2.75, 3.05) is 25.5 Å². The molecule has 0 unspecified atom stereocenters. The number of nitrogens with zero attached hydrogens (tertiary/aromatic N) is 4. The van der Waals surface area contributed by atoms with Crippen molar-refractivity contribution in [2.24, 2.45) is 0 Å². The smallest absolute Gasteiger partial charge is 0.145 e. The van der Waals surface area contributed by atoms with Crippen LogP contribution in [0.3, 0.4) is 0 Å². The molecule has 16 heavy (non-hydrogen) atoms. The summed E-state index contributed by atoms with van der Waals surface area (Å²) >= 11 is 0. The largest absolute Gasteiger partial charge is 0.367 e. The van der Waals surface area contributed by atoms with Crippen molar-refractivity contribution < 1.29 is 0 Å². The molecule has 5 heteroatoms. The lowest BCUT2D eigenvalue weighted by Gasteiger charge is -2.29. The molecule has 1 aromatic rings. The average Bonchev–Trinajstić information content (AvgIpc) is 2.32. The van der Waals surface area contributed by atoms with Crippen LogP contribution < -0.4 is 5.32 Å². The Bertz CT molecular complexity index is 390. The van der Waals surface area contributed by atoms with E-state index < -0.39 is 0 Å². The van der Waals surface area contributed by atoms with Gasteiger partial charge < -0.3 is 10.2 Å². The number of hydrogen-bond donors (Lipinski definition) is 1. The predicted molar refractivity (Wildman–Crippen MR) is 60.9 cm³/mol. The highest BCUT2D eigenvalue weighted by molar-refractivity contribution is 5.39. The molecule has 0 saturated carbocycles. The highest BCUT2D eigenvalue weighted by Crippen LogP contribution is 2.13. The fourth-order valence-electron chi connectivity index (χ4n) is 1.86. The van der Waals surface area contributed by atoms with Gasteiger partial charge in [-0.2, -0.15) is 5.26 Å². The van der Waals surface area contributed by atoms with Gasteiger partial charge in [-0.3, -0.25) is 0 Å². The average molecular weight is 217 g/mol. The first-order chi connectivity index (χ1) is 7.78. The summed E-state index contributed by atoms with van der Waals surface area (Å²) in [6, 6.07) is 4.16. The van der Waals surface area contributed by atoms with Crippen LogP contribution in [0.1, 0.15) is 18.5 Å². The van der Waals surface area contributed by atoms with Gasteiger partial charge in [-0.15, -0.1) is 0 Å². The molecule has 0 bridgehead atoms. The maximum absolute atomic E-state index is 8.73. The van der Waals surface area contributed by atoms with Crippen molar-refractivity contribution in [2.45, 2.75) is 18.9 Å². The molecule has 2 heterocycles. The van der Waals surface area contributed by atoms with Crippen LogP contribution in [-0.2, 0) is 0 Å². The third kappa shape index (κ3) is 2.67. The number of hydrogen-bond acceptors (Lipinski definition) is 5. The first kappa shape index (κ1) is 10.8. The Hall–Kier alpha value is -1.67. The quantitative estimate of drug-likeness (QED) is 0.795. The summed E-state index contributed by atoms with van der Waals surface area (Å²) in [4.78, 5) is 10.3. The third-order valence-electron chi connectivity index (χ3n) is 2.85. The fraction of sp³-hybridized carbons (Fsp3) is 0.545. The first-order valence-corrected chi connectivity index (χ1v) is 5.45. The number of nitrogens with one attached hydrogen (secondary N) is 1. The second-order valence-corrected chi connectivity index (χ2v) is 4.12. The van der Waals surface area contributed by atoms with E-state index in [4.69, 9.17) is 5.26 Å². The number of piperidine rings is 1. The van der Waals surface area contributed by atoms with E-state index in [1.807, 2.05) is 6.07 Å². The Kier molecular flexibility index (Phi) is 3.32. The fourth-order valence-corrected chi connectivity index (χ4v) is 1.86. The van der Waals surface area contributed by atoms with Gasteiger partial charge in [-0.1, -0.05) is 0 Å². The molecule has 0 radical (unpaired) electrons. The summed E-state index contributed by atoms with van der Waals surface area (Å²) in [5.41, 5.74) is 0.408. The molecule has 1 aliphatic heterocycles. The van der Waals surface area contributed by atoms with E-state index in [2.05, 4.69) is 27.2 Å². The minimum Gasteiger partial charge on any atom is -0.367 e. The van der Waals surface area contributed by atoms with Crippen molar-refractivity contribution in [3.05, 3.63) is 18.1 Å². The molecule has 0 amide bonds. The van der Waals surface area contributed by atoms with Crippen molar-refractivity contribution in [1.82, 2.24) is 14.9 Å². The van der Waals surface area contributed by atoms with Crippen molar-refractivity contribution in [1.29, 1.82) is 5.26 Å². The van der Waals surface area contributed by atoms with Gasteiger partial charge in [-0.05, 0) is 33.0 Å². The maximum Gasteiger partial charge on any atom is 0.145 e. The zero-order chi connectivity index (χ0) is 11.4.